The summed E-state index contributed by atoms with van der Waals surface area (Å²) in [4.78, 5) is 45.9. The SMILES string of the molecule is C#CCC(S)(CNC(C)=O)C(=O)CC(=O)C(S)CNC(C)=O. The van der Waals surface area contributed by atoms with E-state index in [-0.39, 0.29) is 31.3 Å². The Bertz CT molecular complexity index is 502. The number of terminal acetylenes is 1. The lowest BCUT2D eigenvalue weighted by molar-refractivity contribution is -0.127. The fourth-order valence-electron chi connectivity index (χ4n) is 1.49. The maximum atomic E-state index is 12.3. The van der Waals surface area contributed by atoms with Crippen LogP contribution in [0.25, 0.3) is 0 Å². The molecule has 6 nitrogen and oxygen atoms in total. The van der Waals surface area contributed by atoms with Crippen molar-refractivity contribution >= 4 is 48.6 Å². The van der Waals surface area contributed by atoms with Crippen molar-refractivity contribution in [2.24, 2.45) is 0 Å². The summed E-state index contributed by atoms with van der Waals surface area (Å²) in [6.45, 7) is 2.59. The van der Waals surface area contributed by atoms with Crippen molar-refractivity contribution < 1.29 is 19.2 Å². The molecule has 0 aromatic carbocycles. The van der Waals surface area contributed by atoms with Gasteiger partial charge in [-0.2, -0.15) is 25.3 Å². The van der Waals surface area contributed by atoms with E-state index in [2.05, 4.69) is 41.8 Å². The minimum Gasteiger partial charge on any atom is -0.355 e. The molecule has 22 heavy (non-hydrogen) atoms. The second kappa shape index (κ2) is 9.54. The van der Waals surface area contributed by atoms with E-state index in [1.165, 1.54) is 13.8 Å². The van der Waals surface area contributed by atoms with Crippen LogP contribution in [0, 0.1) is 12.3 Å². The largest absolute Gasteiger partial charge is 0.355 e. The van der Waals surface area contributed by atoms with Crippen LogP contribution in [-0.4, -0.2) is 46.5 Å². The second-order valence-corrected chi connectivity index (χ2v) is 6.32. The van der Waals surface area contributed by atoms with Gasteiger partial charge in [0.1, 0.15) is 0 Å². The molecule has 2 amide bonds. The number of carbonyl (C=O) groups excluding carboxylic acids is 4. The summed E-state index contributed by atoms with van der Waals surface area (Å²) in [6, 6.07) is 0. The zero-order valence-electron chi connectivity index (χ0n) is 12.5. The van der Waals surface area contributed by atoms with Crippen LogP contribution in [-0.2, 0) is 19.2 Å². The van der Waals surface area contributed by atoms with Crippen molar-refractivity contribution in [1.82, 2.24) is 10.6 Å². The first-order valence-corrected chi connectivity index (χ1v) is 7.47. The lowest BCUT2D eigenvalue weighted by atomic mass is 9.94. The predicted octanol–water partition coefficient (Wildman–Crippen LogP) is -0.223. The molecule has 8 heteroatoms. The molecule has 2 atom stereocenters. The lowest BCUT2D eigenvalue weighted by Crippen LogP contribution is -2.45. The van der Waals surface area contributed by atoms with Crippen LogP contribution in [0.4, 0.5) is 0 Å². The summed E-state index contributed by atoms with van der Waals surface area (Å²) >= 11 is 8.30. The van der Waals surface area contributed by atoms with Gasteiger partial charge in [-0.3, -0.25) is 19.2 Å². The zero-order chi connectivity index (χ0) is 17.3. The summed E-state index contributed by atoms with van der Waals surface area (Å²) in [5.74, 6) is 0.766. The van der Waals surface area contributed by atoms with Gasteiger partial charge in [0, 0.05) is 33.4 Å². The quantitative estimate of drug-likeness (QED) is 0.264. The Morgan fingerprint density at radius 3 is 2.18 bits per heavy atom. The van der Waals surface area contributed by atoms with E-state index in [4.69, 9.17) is 6.42 Å². The first-order valence-electron chi connectivity index (χ1n) is 6.51. The fraction of sp³-hybridized carbons (Fsp3) is 0.571. The monoisotopic (exact) mass is 344 g/mol. The van der Waals surface area contributed by atoms with Gasteiger partial charge >= 0.3 is 0 Å². The van der Waals surface area contributed by atoms with Crippen LogP contribution in [0.3, 0.4) is 0 Å². The lowest BCUT2D eigenvalue weighted by Gasteiger charge is -2.25. The molecule has 0 fully saturated rings. The van der Waals surface area contributed by atoms with Crippen molar-refractivity contribution in [2.75, 3.05) is 13.1 Å². The molecule has 0 bridgehead atoms. The van der Waals surface area contributed by atoms with Gasteiger partial charge in [-0.05, 0) is 0 Å². The third-order valence-corrected chi connectivity index (χ3v) is 3.83. The van der Waals surface area contributed by atoms with Gasteiger partial charge in [0.05, 0.1) is 16.4 Å². The maximum Gasteiger partial charge on any atom is 0.216 e. The van der Waals surface area contributed by atoms with E-state index in [1.807, 2.05) is 0 Å². The Morgan fingerprint density at radius 2 is 1.73 bits per heavy atom. The average molecular weight is 344 g/mol. The highest BCUT2D eigenvalue weighted by atomic mass is 32.1. The average Bonchev–Trinajstić information content (AvgIpc) is 2.42. The highest BCUT2D eigenvalue weighted by Crippen LogP contribution is 2.22. The van der Waals surface area contributed by atoms with Crippen LogP contribution < -0.4 is 10.6 Å². The molecule has 0 aliphatic heterocycles. The Hall–Kier alpha value is -1.46. The normalized spacial score (nSPS) is 14.1. The molecular weight excluding hydrogens is 324 g/mol. The van der Waals surface area contributed by atoms with Crippen molar-refractivity contribution in [1.29, 1.82) is 0 Å². The highest BCUT2D eigenvalue weighted by Gasteiger charge is 2.35. The minimum absolute atomic E-state index is 0.0224. The molecule has 0 heterocycles. The minimum atomic E-state index is -1.31. The highest BCUT2D eigenvalue weighted by molar-refractivity contribution is 7.83. The van der Waals surface area contributed by atoms with Crippen LogP contribution in [0.5, 0.6) is 0 Å². The molecule has 0 rings (SSSR count). The third kappa shape index (κ3) is 7.52. The molecule has 0 saturated carbocycles. The molecule has 2 unspecified atom stereocenters. The van der Waals surface area contributed by atoms with Crippen LogP contribution >= 0.6 is 25.3 Å². The zero-order valence-corrected chi connectivity index (χ0v) is 14.3. The Labute approximate surface area is 141 Å². The van der Waals surface area contributed by atoms with E-state index in [0.29, 0.717) is 0 Å². The van der Waals surface area contributed by atoms with Gasteiger partial charge < -0.3 is 10.6 Å². The standard InChI is InChI=1S/C14H20N2O4S2/c1-4-5-14(22,8-16-10(3)18)13(20)6-11(19)12(21)7-15-9(2)17/h1,12,21-22H,5-8H2,2-3H3,(H,15,17)(H,16,18). The summed E-state index contributed by atoms with van der Waals surface area (Å²) < 4.78 is -1.31. The van der Waals surface area contributed by atoms with Gasteiger partial charge in [-0.1, -0.05) is 0 Å². The summed E-state index contributed by atoms with van der Waals surface area (Å²) in [5, 5.41) is 4.13. The number of thiol groups is 2. The molecule has 0 aliphatic rings. The van der Waals surface area contributed by atoms with Crippen molar-refractivity contribution in [2.45, 2.75) is 36.7 Å². The molecule has 0 aliphatic carbocycles. The molecule has 0 aromatic heterocycles. The van der Waals surface area contributed by atoms with Crippen LogP contribution in [0.15, 0.2) is 0 Å². The molecule has 0 radical (unpaired) electrons. The van der Waals surface area contributed by atoms with Gasteiger partial charge in [-0.25, -0.2) is 0 Å². The molecule has 2 N–H and O–H groups in total. The number of amides is 2. The molecule has 122 valence electrons. The topological polar surface area (TPSA) is 92.3 Å². The Balaban J connectivity index is 4.74. The second-order valence-electron chi connectivity index (χ2n) is 4.84. The molecule has 0 spiro atoms. The van der Waals surface area contributed by atoms with Crippen molar-refractivity contribution in [3.8, 4) is 12.3 Å². The number of carbonyl (C=O) groups is 4. The number of Topliss-reactive ketones (excluding diaryl/α,β-unsaturated/α-hetero) is 2. The van der Waals surface area contributed by atoms with E-state index >= 15 is 0 Å². The van der Waals surface area contributed by atoms with E-state index < -0.39 is 28.0 Å². The summed E-state index contributed by atoms with van der Waals surface area (Å²) in [7, 11) is 0. The molecule has 0 aromatic rings. The van der Waals surface area contributed by atoms with E-state index in [9.17, 15) is 19.2 Å². The molecular formula is C14H20N2O4S2. The number of hydrogen-bond donors (Lipinski definition) is 4. The first kappa shape index (κ1) is 20.5. The molecule has 0 saturated heterocycles. The number of hydrogen-bond acceptors (Lipinski definition) is 6. The van der Waals surface area contributed by atoms with Gasteiger partial charge in [0.15, 0.2) is 11.6 Å². The first-order chi connectivity index (χ1) is 10.1. The number of rotatable bonds is 9. The third-order valence-electron chi connectivity index (χ3n) is 2.79. The maximum absolute atomic E-state index is 12.3. The number of ketones is 2. The van der Waals surface area contributed by atoms with Crippen molar-refractivity contribution in [3.05, 3.63) is 0 Å². The van der Waals surface area contributed by atoms with E-state index in [1.54, 1.807) is 0 Å². The smallest absolute Gasteiger partial charge is 0.216 e. The number of nitrogens with one attached hydrogen (secondary N) is 2. The van der Waals surface area contributed by atoms with Crippen molar-refractivity contribution in [3.63, 3.8) is 0 Å². The predicted molar refractivity (Wildman–Crippen MR) is 89.9 cm³/mol. The van der Waals surface area contributed by atoms with E-state index in [0.717, 1.165) is 0 Å². The van der Waals surface area contributed by atoms with Crippen LogP contribution in [0.2, 0.25) is 0 Å². The van der Waals surface area contributed by atoms with Gasteiger partial charge in [0.25, 0.3) is 0 Å². The Morgan fingerprint density at radius 1 is 1.18 bits per heavy atom. The van der Waals surface area contributed by atoms with Gasteiger partial charge in [-0.15, -0.1) is 12.3 Å². The van der Waals surface area contributed by atoms with Gasteiger partial charge in [0.2, 0.25) is 11.8 Å². The van der Waals surface area contributed by atoms with Crippen LogP contribution in [0.1, 0.15) is 26.7 Å². The fourth-order valence-corrected chi connectivity index (χ4v) is 1.93. The summed E-state index contributed by atoms with van der Waals surface area (Å²) in [6.07, 6.45) is 4.78. The summed E-state index contributed by atoms with van der Waals surface area (Å²) in [5.41, 5.74) is 0. The Kier molecular flexibility index (Phi) is 8.90.